The minimum absolute atomic E-state index is 0.0293. The Morgan fingerprint density at radius 1 is 1.38 bits per heavy atom. The van der Waals surface area contributed by atoms with Gasteiger partial charge in [-0.3, -0.25) is 0 Å². The summed E-state index contributed by atoms with van der Waals surface area (Å²) in [6.45, 7) is 2.22. The largest absolute Gasteiger partial charge is 0.478 e. The molecule has 21 heavy (non-hydrogen) atoms. The van der Waals surface area contributed by atoms with Gasteiger partial charge < -0.3 is 10.0 Å². The van der Waals surface area contributed by atoms with Crippen LogP contribution in [0.2, 0.25) is 0 Å². The lowest BCUT2D eigenvalue weighted by Gasteiger charge is -2.36. The number of hydrogen-bond acceptors (Lipinski definition) is 2. The summed E-state index contributed by atoms with van der Waals surface area (Å²) in [5.41, 5.74) is 0.422. The number of carboxylic acids is 1. The number of rotatable bonds is 4. The van der Waals surface area contributed by atoms with E-state index in [4.69, 9.17) is 5.11 Å². The Kier molecular flexibility index (Phi) is 5.25. The Bertz CT molecular complexity index is 527. The lowest BCUT2D eigenvalue weighted by atomic mass is 9.84. The molecule has 1 saturated carbocycles. The fourth-order valence-corrected chi connectivity index (χ4v) is 3.62. The maximum absolute atomic E-state index is 14.4. The summed E-state index contributed by atoms with van der Waals surface area (Å²) in [5.74, 6) is -0.825. The van der Waals surface area contributed by atoms with E-state index in [0.717, 1.165) is 18.8 Å². The molecule has 1 aromatic rings. The van der Waals surface area contributed by atoms with Crippen LogP contribution < -0.4 is 4.90 Å². The van der Waals surface area contributed by atoms with Crippen molar-refractivity contribution in [1.29, 1.82) is 0 Å². The third kappa shape index (κ3) is 3.39. The van der Waals surface area contributed by atoms with E-state index in [9.17, 15) is 9.18 Å². The van der Waals surface area contributed by atoms with Crippen molar-refractivity contribution in [3.8, 4) is 0 Å². The summed E-state index contributed by atoms with van der Waals surface area (Å²) in [5, 5.41) is 9.01. The van der Waals surface area contributed by atoms with Gasteiger partial charge in [0.25, 0.3) is 0 Å². The number of carboxylic acid groups (broad SMARTS) is 1. The molecule has 0 amide bonds. The van der Waals surface area contributed by atoms with Gasteiger partial charge in [-0.05, 0) is 59.7 Å². The minimum atomic E-state index is -1.13. The molecule has 2 rings (SSSR count). The van der Waals surface area contributed by atoms with Crippen LogP contribution >= 0.6 is 15.9 Å². The molecule has 0 atom stereocenters. The fraction of sp³-hybridized carbons (Fsp3) is 0.562. The Morgan fingerprint density at radius 3 is 2.52 bits per heavy atom. The topological polar surface area (TPSA) is 40.5 Å². The van der Waals surface area contributed by atoms with Crippen molar-refractivity contribution in [2.24, 2.45) is 5.92 Å². The van der Waals surface area contributed by atoms with Crippen molar-refractivity contribution in [1.82, 2.24) is 0 Å². The van der Waals surface area contributed by atoms with Crippen LogP contribution in [0, 0.1) is 11.7 Å². The SMILES string of the molecule is CCC1CCC(N(C)c2ccc(C(=O)O)c(Br)c2F)CC1. The predicted molar refractivity (Wildman–Crippen MR) is 85.5 cm³/mol. The molecule has 0 aliphatic heterocycles. The quantitative estimate of drug-likeness (QED) is 0.849. The Balaban J connectivity index is 2.18. The maximum atomic E-state index is 14.4. The van der Waals surface area contributed by atoms with Crippen LogP contribution in [-0.2, 0) is 0 Å². The molecule has 0 radical (unpaired) electrons. The highest BCUT2D eigenvalue weighted by molar-refractivity contribution is 9.10. The van der Waals surface area contributed by atoms with Crippen molar-refractivity contribution in [3.63, 3.8) is 0 Å². The fourth-order valence-electron chi connectivity index (χ4n) is 3.11. The van der Waals surface area contributed by atoms with Crippen LogP contribution in [0.1, 0.15) is 49.4 Å². The van der Waals surface area contributed by atoms with Gasteiger partial charge in [-0.25, -0.2) is 9.18 Å². The van der Waals surface area contributed by atoms with E-state index in [1.54, 1.807) is 6.07 Å². The van der Waals surface area contributed by atoms with Gasteiger partial charge in [0.05, 0.1) is 15.7 Å². The third-order valence-electron chi connectivity index (χ3n) is 4.61. The van der Waals surface area contributed by atoms with Crippen molar-refractivity contribution in [3.05, 3.63) is 28.0 Å². The Morgan fingerprint density at radius 2 is 2.00 bits per heavy atom. The minimum Gasteiger partial charge on any atom is -0.478 e. The third-order valence-corrected chi connectivity index (χ3v) is 5.39. The molecule has 1 fully saturated rings. The zero-order chi connectivity index (χ0) is 15.6. The highest BCUT2D eigenvalue weighted by Crippen LogP contribution is 2.34. The van der Waals surface area contributed by atoms with Gasteiger partial charge in [-0.1, -0.05) is 13.3 Å². The van der Waals surface area contributed by atoms with Crippen LogP contribution in [0.4, 0.5) is 10.1 Å². The number of hydrogen-bond donors (Lipinski definition) is 1. The zero-order valence-corrected chi connectivity index (χ0v) is 14.0. The van der Waals surface area contributed by atoms with E-state index in [1.165, 1.54) is 25.3 Å². The molecule has 3 nitrogen and oxygen atoms in total. The summed E-state index contributed by atoms with van der Waals surface area (Å²) in [4.78, 5) is 13.0. The molecular weight excluding hydrogens is 337 g/mol. The number of benzene rings is 1. The molecule has 1 aliphatic rings. The molecule has 1 aromatic carbocycles. The second kappa shape index (κ2) is 6.77. The van der Waals surface area contributed by atoms with E-state index in [2.05, 4.69) is 22.9 Å². The van der Waals surface area contributed by atoms with Crippen LogP contribution in [-0.4, -0.2) is 24.2 Å². The summed E-state index contributed by atoms with van der Waals surface area (Å²) < 4.78 is 14.4. The smallest absolute Gasteiger partial charge is 0.336 e. The van der Waals surface area contributed by atoms with E-state index >= 15 is 0 Å². The van der Waals surface area contributed by atoms with Crippen molar-refractivity contribution < 1.29 is 14.3 Å². The highest BCUT2D eigenvalue weighted by atomic mass is 79.9. The van der Waals surface area contributed by atoms with Gasteiger partial charge in [0.2, 0.25) is 0 Å². The van der Waals surface area contributed by atoms with Crippen molar-refractivity contribution in [2.75, 3.05) is 11.9 Å². The van der Waals surface area contributed by atoms with Gasteiger partial charge in [-0.2, -0.15) is 0 Å². The van der Waals surface area contributed by atoms with Crippen molar-refractivity contribution in [2.45, 2.75) is 45.1 Å². The van der Waals surface area contributed by atoms with E-state index in [1.807, 2.05) is 11.9 Å². The van der Waals surface area contributed by atoms with Crippen LogP contribution in [0.25, 0.3) is 0 Å². The Hall–Kier alpha value is -1.10. The molecule has 116 valence electrons. The average molecular weight is 358 g/mol. The highest BCUT2D eigenvalue weighted by Gasteiger charge is 2.26. The number of carbonyl (C=O) groups is 1. The first kappa shape index (κ1) is 16.3. The summed E-state index contributed by atoms with van der Waals surface area (Å²) >= 11 is 3.06. The number of anilines is 1. The molecule has 0 heterocycles. The van der Waals surface area contributed by atoms with Gasteiger partial charge in [0.15, 0.2) is 5.82 Å². The van der Waals surface area contributed by atoms with Gasteiger partial charge in [0, 0.05) is 13.1 Å². The molecule has 5 heteroatoms. The van der Waals surface area contributed by atoms with Crippen LogP contribution in [0.5, 0.6) is 0 Å². The first-order valence-corrected chi connectivity index (χ1v) is 8.19. The summed E-state index contributed by atoms with van der Waals surface area (Å²) in [7, 11) is 1.89. The lowest BCUT2D eigenvalue weighted by molar-refractivity contribution is 0.0695. The molecular formula is C16H21BrFNO2. The van der Waals surface area contributed by atoms with Gasteiger partial charge in [0.1, 0.15) is 0 Å². The second-order valence-corrected chi connectivity index (χ2v) is 6.55. The van der Waals surface area contributed by atoms with E-state index < -0.39 is 11.8 Å². The molecule has 0 saturated heterocycles. The first-order valence-electron chi connectivity index (χ1n) is 7.39. The molecule has 0 aromatic heterocycles. The number of aromatic carboxylic acids is 1. The normalized spacial score (nSPS) is 22.1. The average Bonchev–Trinajstić information content (AvgIpc) is 2.49. The molecule has 0 bridgehead atoms. The van der Waals surface area contributed by atoms with Crippen LogP contribution in [0.15, 0.2) is 16.6 Å². The lowest BCUT2D eigenvalue weighted by Crippen LogP contribution is -2.35. The monoisotopic (exact) mass is 357 g/mol. The van der Waals surface area contributed by atoms with Gasteiger partial charge in [-0.15, -0.1) is 0 Å². The van der Waals surface area contributed by atoms with Gasteiger partial charge >= 0.3 is 5.97 Å². The molecule has 1 aliphatic carbocycles. The second-order valence-electron chi connectivity index (χ2n) is 5.76. The number of nitrogens with zero attached hydrogens (tertiary/aromatic N) is 1. The van der Waals surface area contributed by atoms with E-state index in [-0.39, 0.29) is 10.0 Å². The summed E-state index contributed by atoms with van der Waals surface area (Å²) in [6.07, 6.45) is 5.70. The van der Waals surface area contributed by atoms with E-state index in [0.29, 0.717) is 11.7 Å². The summed E-state index contributed by atoms with van der Waals surface area (Å²) in [6, 6.07) is 3.35. The van der Waals surface area contributed by atoms with Crippen LogP contribution in [0.3, 0.4) is 0 Å². The zero-order valence-electron chi connectivity index (χ0n) is 12.4. The van der Waals surface area contributed by atoms with Crippen molar-refractivity contribution >= 4 is 27.6 Å². The predicted octanol–water partition coefficient (Wildman–Crippen LogP) is 4.69. The molecule has 1 N–H and O–H groups in total. The molecule has 0 spiro atoms. The number of halogens is 2. The first-order chi connectivity index (χ1) is 9.95. The maximum Gasteiger partial charge on any atom is 0.336 e. The standard InChI is InChI=1S/C16H21BrFNO2/c1-3-10-4-6-11(7-5-10)19(2)13-9-8-12(16(20)21)14(17)15(13)18/h8-11H,3-7H2,1-2H3,(H,20,21). The Labute approximate surface area is 133 Å². The molecule has 0 unspecified atom stereocenters.